The molecule has 4 aromatic rings. The summed E-state index contributed by atoms with van der Waals surface area (Å²) in [5, 5.41) is 12.5. The van der Waals surface area contributed by atoms with Crippen LogP contribution in [0.15, 0.2) is 51.7 Å². The predicted molar refractivity (Wildman–Crippen MR) is 115 cm³/mol. The summed E-state index contributed by atoms with van der Waals surface area (Å²) in [4.78, 5) is 16.9. The molecule has 142 valence electrons. The minimum Gasteiger partial charge on any atom is -0.330 e. The maximum absolute atomic E-state index is 12.3. The van der Waals surface area contributed by atoms with Crippen molar-refractivity contribution in [2.75, 3.05) is 5.32 Å². The lowest BCUT2D eigenvalue weighted by Crippen LogP contribution is -2.15. The molecule has 0 radical (unpaired) electrons. The van der Waals surface area contributed by atoms with Gasteiger partial charge in [0.05, 0.1) is 5.69 Å². The summed E-state index contributed by atoms with van der Waals surface area (Å²) in [6, 6.07) is 11.5. The number of rotatable bonds is 5. The first-order valence-electron chi connectivity index (χ1n) is 8.78. The van der Waals surface area contributed by atoms with Crippen molar-refractivity contribution >= 4 is 39.6 Å². The number of fused-ring (bicyclic) bond motifs is 1. The summed E-state index contributed by atoms with van der Waals surface area (Å²) >= 11 is 3.02. The number of pyridine rings is 1. The van der Waals surface area contributed by atoms with Gasteiger partial charge < -0.3 is 5.32 Å². The van der Waals surface area contributed by atoms with Gasteiger partial charge >= 0.3 is 0 Å². The zero-order valence-corrected chi connectivity index (χ0v) is 17.4. The molecular formula is C20H19N5OS2. The summed E-state index contributed by atoms with van der Waals surface area (Å²) in [6.45, 7) is 6.15. The lowest BCUT2D eigenvalue weighted by Gasteiger charge is -2.08. The SMILES string of the molecule is Cc1ccn2c(=O)cc(CSc3nnc(Nc4cccc(C)c4C)s3)nc2c1. The van der Waals surface area contributed by atoms with Crippen LogP contribution in [0.2, 0.25) is 0 Å². The van der Waals surface area contributed by atoms with E-state index in [4.69, 9.17) is 0 Å². The molecule has 0 aliphatic carbocycles. The normalized spacial score (nSPS) is 11.1. The fourth-order valence-corrected chi connectivity index (χ4v) is 4.44. The first-order chi connectivity index (χ1) is 13.5. The second-order valence-electron chi connectivity index (χ2n) is 6.55. The van der Waals surface area contributed by atoms with Crippen molar-refractivity contribution in [1.29, 1.82) is 0 Å². The number of hydrogen-bond acceptors (Lipinski definition) is 7. The fourth-order valence-electron chi connectivity index (χ4n) is 2.78. The third-order valence-electron chi connectivity index (χ3n) is 4.47. The average Bonchev–Trinajstić information content (AvgIpc) is 3.11. The number of aryl methyl sites for hydroxylation is 2. The van der Waals surface area contributed by atoms with Crippen molar-refractivity contribution in [3.05, 3.63) is 75.3 Å². The largest absolute Gasteiger partial charge is 0.330 e. The van der Waals surface area contributed by atoms with Crippen LogP contribution in [0, 0.1) is 20.8 Å². The molecule has 0 fully saturated rings. The van der Waals surface area contributed by atoms with Gasteiger partial charge in [-0.25, -0.2) is 4.98 Å². The third-order valence-corrected chi connectivity index (χ3v) is 6.48. The Morgan fingerprint density at radius 3 is 2.86 bits per heavy atom. The van der Waals surface area contributed by atoms with Crippen molar-refractivity contribution < 1.29 is 0 Å². The number of nitrogens with zero attached hydrogens (tertiary/aromatic N) is 4. The maximum atomic E-state index is 12.3. The molecule has 0 amide bonds. The summed E-state index contributed by atoms with van der Waals surface area (Å²) in [5.41, 5.74) is 5.86. The highest BCUT2D eigenvalue weighted by molar-refractivity contribution is 8.00. The van der Waals surface area contributed by atoms with Crippen LogP contribution in [0.1, 0.15) is 22.4 Å². The first-order valence-corrected chi connectivity index (χ1v) is 10.6. The molecule has 3 heterocycles. The molecule has 0 atom stereocenters. The number of anilines is 2. The Morgan fingerprint density at radius 1 is 1.14 bits per heavy atom. The van der Waals surface area contributed by atoms with E-state index in [2.05, 4.69) is 40.4 Å². The van der Waals surface area contributed by atoms with Crippen molar-refractivity contribution in [2.45, 2.75) is 30.9 Å². The van der Waals surface area contributed by atoms with Crippen LogP contribution in [-0.4, -0.2) is 19.6 Å². The number of hydrogen-bond donors (Lipinski definition) is 1. The molecule has 1 aromatic carbocycles. The summed E-state index contributed by atoms with van der Waals surface area (Å²) in [7, 11) is 0. The van der Waals surface area contributed by atoms with E-state index in [0.29, 0.717) is 11.4 Å². The van der Waals surface area contributed by atoms with E-state index in [-0.39, 0.29) is 5.56 Å². The smallest absolute Gasteiger partial charge is 0.258 e. The summed E-state index contributed by atoms with van der Waals surface area (Å²) in [6.07, 6.45) is 1.76. The second-order valence-corrected chi connectivity index (χ2v) is 8.75. The lowest BCUT2D eigenvalue weighted by molar-refractivity contribution is 0.998. The number of nitrogens with one attached hydrogen (secondary N) is 1. The van der Waals surface area contributed by atoms with E-state index in [9.17, 15) is 4.79 Å². The van der Waals surface area contributed by atoms with Crippen LogP contribution in [0.4, 0.5) is 10.8 Å². The molecule has 6 nitrogen and oxygen atoms in total. The highest BCUT2D eigenvalue weighted by atomic mass is 32.2. The molecule has 0 bridgehead atoms. The topological polar surface area (TPSA) is 72.2 Å². The maximum Gasteiger partial charge on any atom is 0.258 e. The number of aromatic nitrogens is 4. The fraction of sp³-hybridized carbons (Fsp3) is 0.200. The zero-order valence-electron chi connectivity index (χ0n) is 15.8. The van der Waals surface area contributed by atoms with E-state index in [1.54, 1.807) is 16.7 Å². The van der Waals surface area contributed by atoms with Crippen LogP contribution >= 0.6 is 23.1 Å². The molecular weight excluding hydrogens is 390 g/mol. The average molecular weight is 410 g/mol. The highest BCUT2D eigenvalue weighted by Crippen LogP contribution is 2.30. The first kappa shape index (κ1) is 18.6. The Balaban J connectivity index is 1.48. The lowest BCUT2D eigenvalue weighted by atomic mass is 10.1. The van der Waals surface area contributed by atoms with Gasteiger partial charge in [-0.2, -0.15) is 0 Å². The van der Waals surface area contributed by atoms with E-state index in [0.717, 1.165) is 26.4 Å². The van der Waals surface area contributed by atoms with Gasteiger partial charge in [0.15, 0.2) is 4.34 Å². The molecule has 0 unspecified atom stereocenters. The van der Waals surface area contributed by atoms with Crippen LogP contribution in [-0.2, 0) is 5.75 Å². The van der Waals surface area contributed by atoms with Gasteiger partial charge in [-0.15, -0.1) is 10.2 Å². The van der Waals surface area contributed by atoms with Gasteiger partial charge in [0.2, 0.25) is 5.13 Å². The van der Waals surface area contributed by atoms with Gasteiger partial charge in [-0.05, 0) is 55.7 Å². The van der Waals surface area contributed by atoms with Crippen LogP contribution < -0.4 is 10.9 Å². The molecule has 3 aromatic heterocycles. The summed E-state index contributed by atoms with van der Waals surface area (Å²) in [5.74, 6) is 0.567. The van der Waals surface area contributed by atoms with Crippen molar-refractivity contribution in [3.8, 4) is 0 Å². The Labute approximate surface area is 170 Å². The Bertz CT molecular complexity index is 1210. The van der Waals surface area contributed by atoms with Crippen molar-refractivity contribution in [1.82, 2.24) is 19.6 Å². The van der Waals surface area contributed by atoms with Gasteiger partial charge in [0, 0.05) is 23.7 Å². The molecule has 1 N–H and O–H groups in total. The molecule has 8 heteroatoms. The molecule has 0 aliphatic rings. The molecule has 0 spiro atoms. The van der Waals surface area contributed by atoms with Crippen LogP contribution in [0.25, 0.3) is 5.65 Å². The summed E-state index contributed by atoms with van der Waals surface area (Å²) < 4.78 is 2.39. The Hall–Kier alpha value is -2.71. The minimum absolute atomic E-state index is 0.0739. The van der Waals surface area contributed by atoms with E-state index < -0.39 is 0 Å². The monoisotopic (exact) mass is 409 g/mol. The van der Waals surface area contributed by atoms with Crippen LogP contribution in [0.5, 0.6) is 0 Å². The van der Waals surface area contributed by atoms with Gasteiger partial charge in [0.25, 0.3) is 5.56 Å². The number of thioether (sulfide) groups is 1. The number of benzene rings is 1. The van der Waals surface area contributed by atoms with E-state index >= 15 is 0 Å². The molecule has 0 aliphatic heterocycles. The van der Waals surface area contributed by atoms with Crippen molar-refractivity contribution in [3.63, 3.8) is 0 Å². The van der Waals surface area contributed by atoms with E-state index in [1.165, 1.54) is 34.2 Å². The molecule has 0 saturated carbocycles. The molecule has 0 saturated heterocycles. The standard InChI is InChI=1S/C20H19N5OS2/c1-12-7-8-25-17(9-12)21-15(10-18(25)26)11-27-20-24-23-19(28-20)22-16-6-4-5-13(2)14(16)3/h4-10H,11H2,1-3H3,(H,22,23). The van der Waals surface area contributed by atoms with Gasteiger partial charge in [0.1, 0.15) is 5.65 Å². The van der Waals surface area contributed by atoms with E-state index in [1.807, 2.05) is 31.2 Å². The Morgan fingerprint density at radius 2 is 2.00 bits per heavy atom. The van der Waals surface area contributed by atoms with Gasteiger partial charge in [-0.3, -0.25) is 9.20 Å². The van der Waals surface area contributed by atoms with Gasteiger partial charge in [-0.1, -0.05) is 35.2 Å². The third kappa shape index (κ3) is 3.93. The second kappa shape index (κ2) is 7.73. The van der Waals surface area contributed by atoms with Crippen molar-refractivity contribution in [2.24, 2.45) is 0 Å². The minimum atomic E-state index is -0.0739. The van der Waals surface area contributed by atoms with Crippen LogP contribution in [0.3, 0.4) is 0 Å². The zero-order chi connectivity index (χ0) is 19.7. The molecule has 28 heavy (non-hydrogen) atoms. The Kier molecular flexibility index (Phi) is 5.15. The highest BCUT2D eigenvalue weighted by Gasteiger charge is 2.09. The quantitative estimate of drug-likeness (QED) is 0.489. The predicted octanol–water partition coefficient (Wildman–Crippen LogP) is 4.51. The molecule has 4 rings (SSSR count).